The van der Waals surface area contributed by atoms with Crippen LogP contribution in [0.1, 0.15) is 5.56 Å². The molecule has 0 saturated carbocycles. The Morgan fingerprint density at radius 2 is 2.00 bits per heavy atom. The summed E-state index contributed by atoms with van der Waals surface area (Å²) < 4.78 is 2.04. The van der Waals surface area contributed by atoms with E-state index in [4.69, 9.17) is 0 Å². The molecule has 0 N–H and O–H groups in total. The molecule has 2 aromatic rings. The van der Waals surface area contributed by atoms with Crippen LogP contribution >= 0.6 is 31.9 Å². The van der Waals surface area contributed by atoms with Gasteiger partial charge in [-0.1, -0.05) is 18.2 Å². The van der Waals surface area contributed by atoms with Gasteiger partial charge >= 0.3 is 0 Å². The fourth-order valence-corrected chi connectivity index (χ4v) is 2.11. The molecule has 6 nitrogen and oxygen atoms in total. The molecule has 0 fully saturated rings. The van der Waals surface area contributed by atoms with Crippen molar-refractivity contribution in [1.82, 2.24) is 9.78 Å². The number of nitro benzene ring substituents is 1. The lowest BCUT2D eigenvalue weighted by Gasteiger charge is -2.06. The van der Waals surface area contributed by atoms with Gasteiger partial charge in [-0.2, -0.15) is 5.10 Å². The summed E-state index contributed by atoms with van der Waals surface area (Å²) in [4.78, 5) is 22.3. The van der Waals surface area contributed by atoms with Gasteiger partial charge in [0, 0.05) is 6.07 Å². The average molecular weight is 389 g/mol. The normalized spacial score (nSPS) is 10.4. The van der Waals surface area contributed by atoms with Gasteiger partial charge in [0.05, 0.1) is 27.7 Å². The zero-order valence-corrected chi connectivity index (χ0v) is 12.6. The van der Waals surface area contributed by atoms with E-state index in [-0.39, 0.29) is 17.8 Å². The second kappa shape index (κ2) is 5.62. The van der Waals surface area contributed by atoms with Gasteiger partial charge in [0.2, 0.25) is 0 Å². The highest BCUT2D eigenvalue weighted by molar-refractivity contribution is 9.13. The Bertz CT molecular complexity index is 700. The molecule has 0 unspecified atom stereocenters. The van der Waals surface area contributed by atoms with Gasteiger partial charge in [-0.15, -0.1) is 0 Å². The standard InChI is InChI=1S/C11H7Br2N3O3/c12-8-5-14-15(11(17)10(8)13)6-7-3-1-2-4-9(7)16(18)19/h1-5H,6H2. The van der Waals surface area contributed by atoms with Crippen LogP contribution in [0.5, 0.6) is 0 Å². The number of para-hydroxylation sites is 1. The first-order valence-electron chi connectivity index (χ1n) is 5.14. The first-order chi connectivity index (χ1) is 9.00. The third-order valence-corrected chi connectivity index (χ3v) is 4.35. The summed E-state index contributed by atoms with van der Waals surface area (Å²) in [6, 6.07) is 6.26. The fourth-order valence-electron chi connectivity index (χ4n) is 1.54. The van der Waals surface area contributed by atoms with Gasteiger partial charge in [-0.3, -0.25) is 14.9 Å². The number of aromatic nitrogens is 2. The van der Waals surface area contributed by atoms with Crippen LogP contribution in [0.3, 0.4) is 0 Å². The number of nitro groups is 1. The van der Waals surface area contributed by atoms with E-state index in [0.29, 0.717) is 14.5 Å². The van der Waals surface area contributed by atoms with Crippen LogP contribution in [-0.4, -0.2) is 14.7 Å². The summed E-state index contributed by atoms with van der Waals surface area (Å²) in [5.41, 5.74) is 0.0408. The van der Waals surface area contributed by atoms with Gasteiger partial charge in [0.25, 0.3) is 11.2 Å². The third-order valence-electron chi connectivity index (χ3n) is 2.45. The van der Waals surface area contributed by atoms with E-state index >= 15 is 0 Å². The third kappa shape index (κ3) is 2.90. The maximum Gasteiger partial charge on any atom is 0.282 e. The van der Waals surface area contributed by atoms with Crippen LogP contribution in [0, 0.1) is 10.1 Å². The van der Waals surface area contributed by atoms with Crippen LogP contribution in [-0.2, 0) is 6.54 Å². The molecule has 8 heteroatoms. The fraction of sp³-hybridized carbons (Fsp3) is 0.0909. The molecule has 1 heterocycles. The van der Waals surface area contributed by atoms with Gasteiger partial charge < -0.3 is 0 Å². The van der Waals surface area contributed by atoms with Crippen molar-refractivity contribution in [2.24, 2.45) is 0 Å². The van der Waals surface area contributed by atoms with Gasteiger partial charge in [-0.05, 0) is 31.9 Å². The molecular weight excluding hydrogens is 382 g/mol. The number of nitrogens with zero attached hydrogens (tertiary/aromatic N) is 3. The van der Waals surface area contributed by atoms with Gasteiger partial charge in [0.15, 0.2) is 0 Å². The number of hydrogen-bond acceptors (Lipinski definition) is 4. The average Bonchev–Trinajstić information content (AvgIpc) is 2.40. The van der Waals surface area contributed by atoms with Crippen LogP contribution < -0.4 is 5.56 Å². The largest absolute Gasteiger partial charge is 0.282 e. The molecule has 0 saturated heterocycles. The summed E-state index contributed by atoms with van der Waals surface area (Å²) in [7, 11) is 0. The predicted molar refractivity (Wildman–Crippen MR) is 76.1 cm³/mol. The Hall–Kier alpha value is -1.54. The number of hydrogen-bond donors (Lipinski definition) is 0. The topological polar surface area (TPSA) is 78.0 Å². The molecule has 0 aliphatic heterocycles. The molecule has 0 aliphatic carbocycles. The van der Waals surface area contributed by atoms with Crippen LogP contribution in [0.2, 0.25) is 0 Å². The highest BCUT2D eigenvalue weighted by Gasteiger charge is 2.14. The minimum atomic E-state index is -0.478. The van der Waals surface area contributed by atoms with Gasteiger partial charge in [0.1, 0.15) is 4.47 Å². The summed E-state index contributed by atoms with van der Waals surface area (Å²) in [5.74, 6) is 0. The minimum Gasteiger partial charge on any atom is -0.266 e. The minimum absolute atomic E-state index is 0.0322. The summed E-state index contributed by atoms with van der Waals surface area (Å²) in [5, 5.41) is 14.8. The van der Waals surface area contributed by atoms with Crippen molar-refractivity contribution in [3.05, 3.63) is 65.4 Å². The van der Waals surface area contributed by atoms with E-state index in [0.717, 1.165) is 4.68 Å². The zero-order valence-electron chi connectivity index (χ0n) is 9.42. The first-order valence-corrected chi connectivity index (χ1v) is 6.72. The van der Waals surface area contributed by atoms with Crippen molar-refractivity contribution in [2.75, 3.05) is 0 Å². The molecule has 2 rings (SSSR count). The predicted octanol–water partition coefficient (Wildman–Crippen LogP) is 2.72. The van der Waals surface area contributed by atoms with Crippen molar-refractivity contribution < 1.29 is 4.92 Å². The Balaban J connectivity index is 2.46. The molecule has 0 bridgehead atoms. The van der Waals surface area contributed by atoms with Crippen molar-refractivity contribution >= 4 is 37.5 Å². The zero-order chi connectivity index (χ0) is 14.0. The lowest BCUT2D eigenvalue weighted by atomic mass is 10.2. The molecule has 0 aliphatic rings. The van der Waals surface area contributed by atoms with E-state index in [1.54, 1.807) is 18.2 Å². The van der Waals surface area contributed by atoms with E-state index in [1.165, 1.54) is 12.3 Å². The Kier molecular flexibility index (Phi) is 4.11. The Morgan fingerprint density at radius 3 is 2.68 bits per heavy atom. The van der Waals surface area contributed by atoms with E-state index in [1.807, 2.05) is 0 Å². The maximum absolute atomic E-state index is 11.9. The SMILES string of the molecule is O=c1c(Br)c(Br)cnn1Cc1ccccc1[N+](=O)[O-]. The summed E-state index contributed by atoms with van der Waals surface area (Å²) >= 11 is 6.31. The molecule has 0 spiro atoms. The number of benzene rings is 1. The smallest absolute Gasteiger partial charge is 0.266 e. The van der Waals surface area contributed by atoms with E-state index < -0.39 is 4.92 Å². The molecule has 0 amide bonds. The first kappa shape index (κ1) is 13.9. The molecular formula is C11H7Br2N3O3. The summed E-state index contributed by atoms with van der Waals surface area (Å²) in [6.07, 6.45) is 1.46. The Labute approximate surface area is 124 Å². The lowest BCUT2D eigenvalue weighted by Crippen LogP contribution is -2.24. The molecule has 19 heavy (non-hydrogen) atoms. The maximum atomic E-state index is 11.9. The quantitative estimate of drug-likeness (QED) is 0.598. The number of rotatable bonds is 3. The van der Waals surface area contributed by atoms with Gasteiger partial charge in [-0.25, -0.2) is 4.68 Å². The molecule has 1 aromatic heterocycles. The van der Waals surface area contributed by atoms with Crippen LogP contribution in [0.15, 0.2) is 44.2 Å². The van der Waals surface area contributed by atoms with Crippen molar-refractivity contribution in [1.29, 1.82) is 0 Å². The number of halogens is 2. The summed E-state index contributed by atoms with van der Waals surface area (Å²) in [6.45, 7) is 0.0435. The molecule has 1 aromatic carbocycles. The van der Waals surface area contributed by atoms with E-state index in [9.17, 15) is 14.9 Å². The second-order valence-electron chi connectivity index (χ2n) is 3.66. The van der Waals surface area contributed by atoms with E-state index in [2.05, 4.69) is 37.0 Å². The highest BCUT2D eigenvalue weighted by atomic mass is 79.9. The molecule has 0 radical (unpaired) electrons. The lowest BCUT2D eigenvalue weighted by molar-refractivity contribution is -0.385. The molecule has 98 valence electrons. The Morgan fingerprint density at radius 1 is 1.32 bits per heavy atom. The van der Waals surface area contributed by atoms with Crippen LogP contribution in [0.4, 0.5) is 5.69 Å². The van der Waals surface area contributed by atoms with Crippen molar-refractivity contribution in [2.45, 2.75) is 6.54 Å². The monoisotopic (exact) mass is 387 g/mol. The highest BCUT2D eigenvalue weighted by Crippen LogP contribution is 2.20. The molecule has 0 atom stereocenters. The second-order valence-corrected chi connectivity index (χ2v) is 5.30. The van der Waals surface area contributed by atoms with Crippen molar-refractivity contribution in [3.63, 3.8) is 0 Å². The van der Waals surface area contributed by atoms with Crippen molar-refractivity contribution in [3.8, 4) is 0 Å². The van der Waals surface area contributed by atoms with Crippen LogP contribution in [0.25, 0.3) is 0 Å².